The third-order valence-electron chi connectivity index (χ3n) is 5.06. The zero-order valence-corrected chi connectivity index (χ0v) is 16.1. The number of rotatable bonds is 4. The van der Waals surface area contributed by atoms with Gasteiger partial charge in [0, 0.05) is 18.7 Å². The number of urea groups is 1. The third-order valence-corrected chi connectivity index (χ3v) is 5.06. The Morgan fingerprint density at radius 2 is 1.82 bits per heavy atom. The van der Waals surface area contributed by atoms with Crippen LogP contribution in [-0.4, -0.2) is 20.8 Å². The minimum absolute atomic E-state index is 0.202. The topological polar surface area (TPSA) is 63.1 Å². The average molecular weight is 375 g/mol. The summed E-state index contributed by atoms with van der Waals surface area (Å²) in [5.41, 5.74) is 2.97. The second-order valence-corrected chi connectivity index (χ2v) is 7.25. The molecule has 4 rings (SSSR count). The van der Waals surface area contributed by atoms with Gasteiger partial charge in [0.15, 0.2) is 0 Å². The highest BCUT2D eigenvalue weighted by molar-refractivity contribution is 6.00. The predicted molar refractivity (Wildman–Crippen MR) is 110 cm³/mol. The Hall–Kier alpha value is -3.15. The first kappa shape index (κ1) is 18.2. The number of benzene rings is 2. The lowest BCUT2D eigenvalue weighted by Crippen LogP contribution is -2.36. The van der Waals surface area contributed by atoms with Gasteiger partial charge >= 0.3 is 6.03 Å². The van der Waals surface area contributed by atoms with E-state index in [1.807, 2.05) is 61.5 Å². The number of hydrogen-bond acceptors (Lipinski definition) is 3. The molecule has 0 spiro atoms. The predicted octanol–water partition coefficient (Wildman–Crippen LogP) is 4.55. The van der Waals surface area contributed by atoms with Crippen molar-refractivity contribution < 1.29 is 4.79 Å². The molecule has 1 aromatic heterocycles. The summed E-state index contributed by atoms with van der Waals surface area (Å²) in [5.74, 6) is 1.58. The first-order valence-electron chi connectivity index (χ1n) is 9.82. The Kier molecular flexibility index (Phi) is 5.37. The fraction of sp³-hybridized carbons (Fsp3) is 0.318. The Bertz CT molecular complexity index is 933. The molecular formula is C22H25N5O. The molecule has 0 saturated heterocycles. The first-order chi connectivity index (χ1) is 13.7. The van der Waals surface area contributed by atoms with Gasteiger partial charge in [-0.3, -0.25) is 9.47 Å². The van der Waals surface area contributed by atoms with Crippen molar-refractivity contribution in [3.8, 4) is 0 Å². The fourth-order valence-corrected chi connectivity index (χ4v) is 3.50. The zero-order valence-electron chi connectivity index (χ0n) is 16.1. The SMILES string of the molecule is Cc1ccc(NC(=O)N(Cc2ccccc2)c2nnc3n2CCCCC3)cc1. The van der Waals surface area contributed by atoms with Crippen LogP contribution in [0.5, 0.6) is 0 Å². The van der Waals surface area contributed by atoms with Crippen molar-refractivity contribution in [3.05, 3.63) is 71.5 Å². The minimum Gasteiger partial charge on any atom is -0.307 e. The molecule has 2 amide bonds. The van der Waals surface area contributed by atoms with Gasteiger partial charge in [-0.25, -0.2) is 4.79 Å². The summed E-state index contributed by atoms with van der Waals surface area (Å²) in [5, 5.41) is 11.8. The Labute approximate surface area is 165 Å². The van der Waals surface area contributed by atoms with E-state index in [9.17, 15) is 4.79 Å². The van der Waals surface area contributed by atoms with Gasteiger partial charge in [0.05, 0.1) is 6.54 Å². The maximum atomic E-state index is 13.2. The molecule has 6 heteroatoms. The largest absolute Gasteiger partial charge is 0.329 e. The summed E-state index contributed by atoms with van der Waals surface area (Å²) >= 11 is 0. The van der Waals surface area contributed by atoms with Crippen molar-refractivity contribution in [1.82, 2.24) is 14.8 Å². The standard InChI is InChI=1S/C22H25N5O/c1-17-11-13-19(14-12-17)23-22(28)27(16-18-8-4-2-5-9-18)21-25-24-20-10-6-3-7-15-26(20)21/h2,4-5,8-9,11-14H,3,6-7,10,15-16H2,1H3,(H,23,28). The number of carbonyl (C=O) groups is 1. The van der Waals surface area contributed by atoms with Crippen LogP contribution in [0.2, 0.25) is 0 Å². The summed E-state index contributed by atoms with van der Waals surface area (Å²) in [6.07, 6.45) is 4.28. The smallest absolute Gasteiger partial charge is 0.307 e. The molecule has 0 fully saturated rings. The van der Waals surface area contributed by atoms with Crippen LogP contribution in [0.1, 0.15) is 36.2 Å². The molecule has 2 heterocycles. The van der Waals surface area contributed by atoms with E-state index in [-0.39, 0.29) is 6.03 Å². The lowest BCUT2D eigenvalue weighted by Gasteiger charge is -2.23. The summed E-state index contributed by atoms with van der Waals surface area (Å²) in [4.78, 5) is 14.9. The van der Waals surface area contributed by atoms with Crippen LogP contribution in [0.3, 0.4) is 0 Å². The van der Waals surface area contributed by atoms with Crippen LogP contribution < -0.4 is 10.2 Å². The van der Waals surface area contributed by atoms with E-state index in [0.29, 0.717) is 12.5 Å². The number of fused-ring (bicyclic) bond motifs is 1. The zero-order chi connectivity index (χ0) is 19.3. The number of anilines is 2. The maximum absolute atomic E-state index is 13.2. The summed E-state index contributed by atoms with van der Waals surface area (Å²) in [6, 6.07) is 17.6. The van der Waals surface area contributed by atoms with Gasteiger partial charge in [-0.05, 0) is 37.5 Å². The molecule has 6 nitrogen and oxygen atoms in total. The number of aromatic nitrogens is 3. The molecule has 3 aromatic rings. The molecule has 0 saturated carbocycles. The second kappa shape index (κ2) is 8.25. The maximum Gasteiger partial charge on any atom is 0.329 e. The van der Waals surface area contributed by atoms with Crippen LogP contribution in [-0.2, 0) is 19.5 Å². The van der Waals surface area contributed by atoms with Gasteiger partial charge < -0.3 is 5.32 Å². The molecule has 28 heavy (non-hydrogen) atoms. The number of carbonyl (C=O) groups excluding carboxylic acids is 1. The van der Waals surface area contributed by atoms with Gasteiger partial charge in [-0.1, -0.05) is 54.4 Å². The van der Waals surface area contributed by atoms with Crippen LogP contribution in [0, 0.1) is 6.92 Å². The molecule has 0 bridgehead atoms. The highest BCUT2D eigenvalue weighted by atomic mass is 16.2. The molecule has 0 atom stereocenters. The molecule has 1 aliphatic heterocycles. The van der Waals surface area contributed by atoms with Crippen molar-refractivity contribution in [3.63, 3.8) is 0 Å². The molecule has 1 aliphatic rings. The first-order valence-corrected chi connectivity index (χ1v) is 9.82. The number of nitrogens with zero attached hydrogens (tertiary/aromatic N) is 4. The molecule has 1 N–H and O–H groups in total. The van der Waals surface area contributed by atoms with Gasteiger partial charge in [-0.15, -0.1) is 10.2 Å². The highest BCUT2D eigenvalue weighted by Gasteiger charge is 2.25. The summed E-state index contributed by atoms with van der Waals surface area (Å²) in [7, 11) is 0. The number of amides is 2. The monoisotopic (exact) mass is 375 g/mol. The van der Waals surface area contributed by atoms with Crippen LogP contribution >= 0.6 is 0 Å². The van der Waals surface area contributed by atoms with Crippen LogP contribution in [0.15, 0.2) is 54.6 Å². The summed E-state index contributed by atoms with van der Waals surface area (Å²) < 4.78 is 2.10. The van der Waals surface area contributed by atoms with Crippen LogP contribution in [0.4, 0.5) is 16.4 Å². The molecule has 144 valence electrons. The van der Waals surface area contributed by atoms with E-state index in [1.165, 1.54) is 6.42 Å². The van der Waals surface area contributed by atoms with Crippen molar-refractivity contribution in [1.29, 1.82) is 0 Å². The lowest BCUT2D eigenvalue weighted by molar-refractivity contribution is 0.256. The highest BCUT2D eigenvalue weighted by Crippen LogP contribution is 2.23. The quantitative estimate of drug-likeness (QED) is 0.727. The van der Waals surface area contributed by atoms with Gasteiger partial charge in [0.2, 0.25) is 5.95 Å². The number of aryl methyl sites for hydroxylation is 2. The van der Waals surface area contributed by atoms with E-state index < -0.39 is 0 Å². The second-order valence-electron chi connectivity index (χ2n) is 7.25. The van der Waals surface area contributed by atoms with E-state index in [2.05, 4.69) is 20.1 Å². The van der Waals surface area contributed by atoms with Gasteiger partial charge in [0.25, 0.3) is 0 Å². The Morgan fingerprint density at radius 3 is 2.61 bits per heavy atom. The molecule has 0 aliphatic carbocycles. The van der Waals surface area contributed by atoms with Crippen molar-refractivity contribution in [2.45, 2.75) is 45.7 Å². The molecular weight excluding hydrogens is 350 g/mol. The minimum atomic E-state index is -0.202. The third kappa shape index (κ3) is 4.06. The van der Waals surface area contributed by atoms with Crippen molar-refractivity contribution in [2.24, 2.45) is 0 Å². The van der Waals surface area contributed by atoms with Crippen LogP contribution in [0.25, 0.3) is 0 Å². The normalized spacial score (nSPS) is 13.5. The molecule has 2 aromatic carbocycles. The van der Waals surface area contributed by atoms with E-state index >= 15 is 0 Å². The van der Waals surface area contributed by atoms with Gasteiger partial charge in [-0.2, -0.15) is 0 Å². The van der Waals surface area contributed by atoms with Crippen molar-refractivity contribution in [2.75, 3.05) is 10.2 Å². The van der Waals surface area contributed by atoms with E-state index in [4.69, 9.17) is 0 Å². The van der Waals surface area contributed by atoms with Crippen molar-refractivity contribution >= 4 is 17.7 Å². The van der Waals surface area contributed by atoms with E-state index in [0.717, 1.165) is 48.4 Å². The Balaban J connectivity index is 1.65. The number of hydrogen-bond donors (Lipinski definition) is 1. The molecule has 0 radical (unpaired) electrons. The van der Waals surface area contributed by atoms with E-state index in [1.54, 1.807) is 4.90 Å². The fourth-order valence-electron chi connectivity index (χ4n) is 3.50. The lowest BCUT2D eigenvalue weighted by atomic mass is 10.2. The summed E-state index contributed by atoms with van der Waals surface area (Å²) in [6.45, 7) is 3.32. The Morgan fingerprint density at radius 1 is 1.04 bits per heavy atom. The van der Waals surface area contributed by atoms with Gasteiger partial charge in [0.1, 0.15) is 5.82 Å². The molecule has 0 unspecified atom stereocenters. The number of nitrogens with one attached hydrogen (secondary N) is 1. The average Bonchev–Trinajstić information content (AvgIpc) is 2.96.